The Morgan fingerprint density at radius 2 is 2.18 bits per heavy atom. The molecule has 0 saturated heterocycles. The summed E-state index contributed by atoms with van der Waals surface area (Å²) in [6.45, 7) is 0.857. The lowest BCUT2D eigenvalue weighted by molar-refractivity contribution is -0.160. The molecular formula is C10H13NO6. The lowest BCUT2D eigenvalue weighted by Crippen LogP contribution is -2.33. The summed E-state index contributed by atoms with van der Waals surface area (Å²) in [6.07, 6.45) is 0.793. The molecule has 1 rings (SSSR count). The molecule has 0 aromatic carbocycles. The number of nitrogens with one attached hydrogen (secondary N) is 1. The number of rotatable bonds is 6. The van der Waals surface area contributed by atoms with Crippen molar-refractivity contribution in [3.63, 3.8) is 0 Å². The van der Waals surface area contributed by atoms with Crippen LogP contribution in [0.25, 0.3) is 0 Å². The van der Waals surface area contributed by atoms with Crippen molar-refractivity contribution < 1.29 is 29.0 Å². The van der Waals surface area contributed by atoms with Crippen LogP contribution in [0.15, 0.2) is 0 Å². The molecule has 7 nitrogen and oxygen atoms in total. The molecule has 0 aromatic rings. The Balaban J connectivity index is 2.56. The normalized spacial score (nSPS) is 23.4. The van der Waals surface area contributed by atoms with Gasteiger partial charge in [0.2, 0.25) is 5.91 Å². The highest BCUT2D eigenvalue weighted by molar-refractivity contribution is 5.95. The van der Waals surface area contributed by atoms with E-state index in [4.69, 9.17) is 5.11 Å². The van der Waals surface area contributed by atoms with Crippen LogP contribution in [0.5, 0.6) is 0 Å². The molecule has 0 bridgehead atoms. The fourth-order valence-corrected chi connectivity index (χ4v) is 1.67. The molecule has 1 amide bonds. The number of carbonyl (C=O) groups excluding carboxylic acids is 3. The van der Waals surface area contributed by atoms with Gasteiger partial charge in [0.1, 0.15) is 6.61 Å². The van der Waals surface area contributed by atoms with Gasteiger partial charge in [0.25, 0.3) is 0 Å². The van der Waals surface area contributed by atoms with Crippen molar-refractivity contribution >= 4 is 24.1 Å². The van der Waals surface area contributed by atoms with E-state index in [2.05, 4.69) is 10.1 Å². The summed E-state index contributed by atoms with van der Waals surface area (Å²) in [7, 11) is 0. The topological polar surface area (TPSA) is 110 Å². The van der Waals surface area contributed by atoms with Gasteiger partial charge in [0, 0.05) is 18.9 Å². The van der Waals surface area contributed by atoms with Gasteiger partial charge in [0.05, 0.1) is 0 Å². The number of esters is 1. The van der Waals surface area contributed by atoms with Crippen molar-refractivity contribution in [3.8, 4) is 0 Å². The van der Waals surface area contributed by atoms with Gasteiger partial charge < -0.3 is 15.2 Å². The second-order valence-corrected chi connectivity index (χ2v) is 3.82. The maximum Gasteiger partial charge on any atom is 0.321 e. The Morgan fingerprint density at radius 1 is 1.53 bits per heavy atom. The van der Waals surface area contributed by atoms with Crippen LogP contribution in [-0.4, -0.2) is 41.9 Å². The molecule has 3 unspecified atom stereocenters. The third kappa shape index (κ3) is 3.54. The average Bonchev–Trinajstić information content (AvgIpc) is 2.92. The fourth-order valence-electron chi connectivity index (χ4n) is 1.67. The summed E-state index contributed by atoms with van der Waals surface area (Å²) in [5.74, 6) is -4.31. The van der Waals surface area contributed by atoms with Crippen molar-refractivity contribution in [2.24, 2.45) is 11.8 Å². The second-order valence-electron chi connectivity index (χ2n) is 3.82. The SMILES string of the molecule is CC(=O)NC1CC1C(C(=O)O)C(=O)OCC=O. The van der Waals surface area contributed by atoms with Crippen molar-refractivity contribution in [3.05, 3.63) is 0 Å². The molecule has 1 aliphatic carbocycles. The molecule has 17 heavy (non-hydrogen) atoms. The molecule has 1 fully saturated rings. The number of aldehydes is 1. The largest absolute Gasteiger partial charge is 0.481 e. The van der Waals surface area contributed by atoms with E-state index >= 15 is 0 Å². The van der Waals surface area contributed by atoms with Gasteiger partial charge in [-0.25, -0.2) is 0 Å². The molecule has 1 saturated carbocycles. The van der Waals surface area contributed by atoms with Crippen LogP contribution in [0, 0.1) is 11.8 Å². The number of amides is 1. The molecule has 3 atom stereocenters. The molecule has 7 heteroatoms. The third-order valence-electron chi connectivity index (χ3n) is 2.47. The number of carbonyl (C=O) groups is 4. The highest BCUT2D eigenvalue weighted by Gasteiger charge is 2.51. The maximum atomic E-state index is 11.4. The Labute approximate surface area is 97.1 Å². The predicted octanol–water partition coefficient (Wildman–Crippen LogP) is -1.05. The van der Waals surface area contributed by atoms with Crippen LogP contribution in [0.1, 0.15) is 13.3 Å². The van der Waals surface area contributed by atoms with Gasteiger partial charge in [-0.15, -0.1) is 0 Å². The van der Waals surface area contributed by atoms with Gasteiger partial charge in [0.15, 0.2) is 12.2 Å². The average molecular weight is 243 g/mol. The van der Waals surface area contributed by atoms with Gasteiger partial charge in [-0.3, -0.25) is 19.2 Å². The van der Waals surface area contributed by atoms with E-state index in [1.54, 1.807) is 0 Å². The highest BCUT2D eigenvalue weighted by Crippen LogP contribution is 2.38. The fraction of sp³-hybridized carbons (Fsp3) is 0.600. The predicted molar refractivity (Wildman–Crippen MR) is 53.9 cm³/mol. The molecule has 0 radical (unpaired) electrons. The Morgan fingerprint density at radius 3 is 2.65 bits per heavy atom. The Hall–Kier alpha value is -1.92. The standard InChI is InChI=1S/C10H13NO6/c1-5(13)11-7-4-6(7)8(9(14)15)10(16)17-3-2-12/h2,6-8H,3-4H2,1H3,(H,11,13)(H,14,15). The first kappa shape index (κ1) is 13.1. The molecule has 94 valence electrons. The number of carboxylic acid groups (broad SMARTS) is 1. The van der Waals surface area contributed by atoms with Crippen molar-refractivity contribution in [1.82, 2.24) is 5.32 Å². The minimum absolute atomic E-state index is 0.275. The molecule has 0 aliphatic heterocycles. The molecule has 2 N–H and O–H groups in total. The van der Waals surface area contributed by atoms with Crippen LogP contribution >= 0.6 is 0 Å². The van der Waals surface area contributed by atoms with Crippen molar-refractivity contribution in [2.45, 2.75) is 19.4 Å². The summed E-state index contributed by atoms with van der Waals surface area (Å²) in [4.78, 5) is 43.1. The number of hydrogen-bond acceptors (Lipinski definition) is 5. The summed E-state index contributed by atoms with van der Waals surface area (Å²) in [5, 5.41) is 11.4. The van der Waals surface area contributed by atoms with Gasteiger partial charge in [-0.1, -0.05) is 0 Å². The van der Waals surface area contributed by atoms with Crippen LogP contribution in [0.4, 0.5) is 0 Å². The molecule has 0 heterocycles. The van der Waals surface area contributed by atoms with Crippen LogP contribution in [0.2, 0.25) is 0 Å². The van der Waals surface area contributed by atoms with Gasteiger partial charge >= 0.3 is 11.9 Å². The Bertz CT molecular complexity index is 353. The van der Waals surface area contributed by atoms with Crippen molar-refractivity contribution in [2.75, 3.05) is 6.61 Å². The first-order valence-electron chi connectivity index (χ1n) is 5.07. The number of aliphatic carboxylic acids is 1. The third-order valence-corrected chi connectivity index (χ3v) is 2.47. The van der Waals surface area contributed by atoms with Crippen LogP contribution < -0.4 is 5.32 Å². The minimum Gasteiger partial charge on any atom is -0.481 e. The van der Waals surface area contributed by atoms with E-state index < -0.39 is 30.4 Å². The van der Waals surface area contributed by atoms with E-state index in [1.807, 2.05) is 0 Å². The van der Waals surface area contributed by atoms with Crippen LogP contribution in [0.3, 0.4) is 0 Å². The zero-order chi connectivity index (χ0) is 13.0. The smallest absolute Gasteiger partial charge is 0.321 e. The summed E-state index contributed by atoms with van der Waals surface area (Å²) >= 11 is 0. The maximum absolute atomic E-state index is 11.4. The van der Waals surface area contributed by atoms with E-state index in [9.17, 15) is 19.2 Å². The van der Waals surface area contributed by atoms with Gasteiger partial charge in [-0.05, 0) is 6.42 Å². The monoisotopic (exact) mass is 243 g/mol. The van der Waals surface area contributed by atoms with Crippen LogP contribution in [-0.2, 0) is 23.9 Å². The quantitative estimate of drug-likeness (QED) is 0.350. The lowest BCUT2D eigenvalue weighted by Gasteiger charge is -2.10. The van der Waals surface area contributed by atoms with Crippen molar-refractivity contribution in [1.29, 1.82) is 0 Å². The second kappa shape index (κ2) is 5.42. The zero-order valence-corrected chi connectivity index (χ0v) is 9.21. The Kier molecular flexibility index (Phi) is 4.19. The highest BCUT2D eigenvalue weighted by atomic mass is 16.5. The molecule has 0 spiro atoms. The summed E-state index contributed by atoms with van der Waals surface area (Å²) in [6, 6.07) is -0.308. The van der Waals surface area contributed by atoms with Gasteiger partial charge in [-0.2, -0.15) is 0 Å². The number of ether oxygens (including phenoxy) is 1. The molecule has 0 aromatic heterocycles. The summed E-state index contributed by atoms with van der Waals surface area (Å²) in [5.41, 5.74) is 0. The summed E-state index contributed by atoms with van der Waals surface area (Å²) < 4.78 is 4.47. The number of hydrogen-bond donors (Lipinski definition) is 2. The lowest BCUT2D eigenvalue weighted by atomic mass is 10.0. The molecule has 1 aliphatic rings. The van der Waals surface area contributed by atoms with E-state index in [0.29, 0.717) is 12.7 Å². The number of carboxylic acids is 1. The first-order valence-corrected chi connectivity index (χ1v) is 5.07. The minimum atomic E-state index is -1.33. The van der Waals surface area contributed by atoms with E-state index in [0.717, 1.165) is 0 Å². The van der Waals surface area contributed by atoms with E-state index in [1.165, 1.54) is 6.92 Å². The first-order chi connectivity index (χ1) is 7.97. The molecular weight excluding hydrogens is 230 g/mol. The zero-order valence-electron chi connectivity index (χ0n) is 9.21. The van der Waals surface area contributed by atoms with E-state index in [-0.39, 0.29) is 11.9 Å².